The van der Waals surface area contributed by atoms with E-state index in [1.54, 1.807) is 0 Å². The zero-order valence-corrected chi connectivity index (χ0v) is 295. The van der Waals surface area contributed by atoms with Gasteiger partial charge in [0, 0.05) is 0 Å². The van der Waals surface area contributed by atoms with Gasteiger partial charge in [-0.2, -0.15) is 0 Å². The van der Waals surface area contributed by atoms with E-state index < -0.39 is 0 Å². The van der Waals surface area contributed by atoms with Crippen LogP contribution in [-0.4, -0.2) is 0 Å². The summed E-state index contributed by atoms with van der Waals surface area (Å²) in [5, 5.41) is 0. The van der Waals surface area contributed by atoms with Crippen LogP contribution in [0.25, 0.3) is 0 Å². The van der Waals surface area contributed by atoms with Crippen molar-refractivity contribution in [3.05, 3.63) is 0 Å². The summed E-state index contributed by atoms with van der Waals surface area (Å²) in [7, 11) is 0. The molecule has 0 aromatic carbocycles. The molecule has 0 aromatic heterocycles. The molecular weight excluding hydrogens is 2860 g/mol. The van der Waals surface area contributed by atoms with Gasteiger partial charge >= 0.3 is 2630 Å². The van der Waals surface area contributed by atoms with Crippen molar-refractivity contribution in [3.63, 3.8) is 0 Å². The van der Waals surface area contributed by atoms with E-state index in [1.165, 1.54) is 0 Å². The first kappa shape index (κ1) is 969. The molecule has 0 amide bonds. The second-order valence-corrected chi connectivity index (χ2v) is 0. The quantitative estimate of drug-likeness (QED) is 0.212. The molecule has 0 heterocycles. The predicted octanol–water partition coefficient (Wildman–Crippen LogP) is -257. The Balaban J connectivity index is 0. The Morgan fingerprint density at radius 2 is 0.0179 bits per heavy atom. The van der Waals surface area contributed by atoms with Gasteiger partial charge in [-0.25, -0.2) is 0 Å². The van der Waals surface area contributed by atoms with Gasteiger partial charge in [0.25, 0.3) is 0 Å². The maximum Gasteiger partial charge on any atom is 1.00 e. The molecule has 0 N–H and O–H groups in total. The zero-order valence-electron chi connectivity index (χ0n) is 98.4. The van der Waals surface area contributed by atoms with Gasteiger partial charge in [0.2, 0.25) is 0 Å². The van der Waals surface area contributed by atoms with Gasteiger partial charge in [0.15, 0.2) is 0 Å². The van der Waals surface area contributed by atoms with Crippen molar-refractivity contribution in [2.45, 2.75) is 0 Å². The van der Waals surface area contributed by atoms with Crippen molar-refractivity contribution in [2.24, 2.45) is 0 Å². The zero-order chi connectivity index (χ0) is 0. The minimum absolute atomic E-state index is 0. The van der Waals surface area contributed by atoms with Crippen molar-refractivity contribution in [2.75, 3.05) is 0 Å². The van der Waals surface area contributed by atoms with Crippen LogP contribution in [0.5, 0.6) is 0 Å². The fourth-order valence-corrected chi connectivity index (χ4v) is 0. The molecule has 0 saturated carbocycles. The minimum atomic E-state index is 0. The van der Waals surface area contributed by atoms with E-state index in [1.807, 2.05) is 0 Å². The van der Waals surface area contributed by atoms with E-state index in [0.717, 1.165) is 0 Å². The third kappa shape index (κ3) is 941. The SMILES string of the molecule is Cl.Cl.Cl.Cl.Cl.Cl.Cl.Cl.Cl.Cl.Cl.Cl.Cl.Cl.Cl.Cl.Cl.Cl.Cl.Cl.Cl.Cl.Cl.[Na+].[Na+].[Na+].[Na+].[Na+].[Na+].[Na+].[Na+].[Na+].[Na+].[Na+].[Na+].[Na+].[Na+].[Na+].[Na+].[Na+].[Na+].[Na+].[Na+].[Na+].[Na+].[Na+].[Na+].[Na+].[Na+].[Na+].[Na+].[Na+].[Na+].[Na+].[Na+].[Na+].[Na+].[Na+].[Na+].[Na+].[Na+].[Na+].[Na+].[Na+].[Na+].[Na+].[Na+].[Na+].[Na+].[Na+].[Na+].[Na+].[Na+].[Na+].[Na+].[Na+].[Na+].[Na+].[Na+].[Na+].[Na+].[Na+].[Na+].[Na+].[Na+].[Na+].[Na+].[Na+].[Na+].[Na+].[Na+].[Na+].[Na+].[Na+].[Na+].[Na+].[Na+].[Na+].[Na+].[Na+].[Na+].[Na+].[Na+].[Na+].[Na+].[Na+].[Na+].[Na+].[Na+].[Na+].[Na+].[Na+]. The summed E-state index contributed by atoms with van der Waals surface area (Å²) in [4.78, 5) is 0. The maximum absolute atomic E-state index is 0. The van der Waals surface area contributed by atoms with Gasteiger partial charge in [0.1, 0.15) is 0 Å². The Bertz CT molecular complexity index is 82.0. The van der Waals surface area contributed by atoms with Gasteiger partial charge in [-0.05, 0) is 0 Å². The van der Waals surface area contributed by atoms with Crippen LogP contribution in [0, 0.1) is 0 Å². The molecule has 184 valence electrons. The minimum Gasteiger partial charge on any atom is -0.147 e. The van der Waals surface area contributed by atoms with Gasteiger partial charge < -0.3 is 0 Å². The van der Waals surface area contributed by atoms with Crippen LogP contribution in [0.3, 0.4) is 0 Å². The summed E-state index contributed by atoms with van der Waals surface area (Å²) in [6.07, 6.45) is 0. The molecule has 0 aliphatic rings. The largest absolute Gasteiger partial charge is 1.00 e. The second-order valence-electron chi connectivity index (χ2n) is 0. The molecule has 0 aromatic rings. The first-order valence-electron chi connectivity index (χ1n) is 0. The number of rotatable bonds is 0. The van der Waals surface area contributed by atoms with Crippen molar-refractivity contribution in [1.82, 2.24) is 0 Å². The molecule has 0 bridgehead atoms. The summed E-state index contributed by atoms with van der Waals surface area (Å²) in [6.45, 7) is 0. The van der Waals surface area contributed by atoms with Crippen LogP contribution in [0.15, 0.2) is 0 Å². The van der Waals surface area contributed by atoms with Crippen molar-refractivity contribution in [3.8, 4) is 0 Å². The van der Waals surface area contributed by atoms with Crippen LogP contribution >= 0.6 is 285 Å². The van der Waals surface area contributed by atoms with Gasteiger partial charge in [-0.1, -0.05) is 0 Å². The van der Waals surface area contributed by atoms with Gasteiger partial charge in [-0.3, -0.25) is 0 Å². The fourth-order valence-electron chi connectivity index (χ4n) is 0. The van der Waals surface area contributed by atoms with E-state index in [9.17, 15) is 0 Å². The van der Waals surface area contributed by atoms with E-state index in [2.05, 4.69) is 0 Å². The smallest absolute Gasteiger partial charge is 0.147 e. The third-order valence-corrected chi connectivity index (χ3v) is 0. The van der Waals surface area contributed by atoms with Crippen LogP contribution in [0.1, 0.15) is 0 Å². The monoisotopic (exact) mass is 2870 g/mol. The van der Waals surface area contributed by atoms with Crippen molar-refractivity contribution < 1.29 is 2630 Å². The molecule has 0 fully saturated rings. The van der Waals surface area contributed by atoms with E-state index >= 15 is 0 Å². The van der Waals surface area contributed by atoms with Crippen molar-refractivity contribution in [1.29, 1.82) is 0 Å². The molecular formula is H23Cl23Na89+89. The molecule has 0 unspecified atom stereocenters. The summed E-state index contributed by atoms with van der Waals surface area (Å²) < 4.78 is 0. The Hall–Kier alpha value is 95.7. The molecule has 0 aliphatic heterocycles. The molecule has 112 heteroatoms. The molecule has 0 spiro atoms. The van der Waals surface area contributed by atoms with Gasteiger partial charge in [-0.15, -0.1) is 285 Å². The maximum atomic E-state index is 0. The van der Waals surface area contributed by atoms with Crippen LogP contribution in [0.4, 0.5) is 0 Å². The Morgan fingerprint density at radius 3 is 0.0179 bits per heavy atom. The summed E-state index contributed by atoms with van der Waals surface area (Å²) in [5.41, 5.74) is 0. The van der Waals surface area contributed by atoms with E-state index in [-0.39, 0.29) is 2920 Å². The number of halogens is 23. The summed E-state index contributed by atoms with van der Waals surface area (Å²) in [5.74, 6) is 0. The third-order valence-electron chi connectivity index (χ3n) is 0. The second kappa shape index (κ2) is 955. The number of hydrogen-bond acceptors (Lipinski definition) is 0. The first-order chi connectivity index (χ1) is 0. The average molecular weight is 2880 g/mol. The molecule has 0 saturated heterocycles. The van der Waals surface area contributed by atoms with Gasteiger partial charge in [0.05, 0.1) is 0 Å². The van der Waals surface area contributed by atoms with Crippen molar-refractivity contribution >= 4 is 285 Å². The normalized spacial score (nSPS) is 0. The molecule has 0 rings (SSSR count). The molecule has 0 aliphatic carbocycles. The Morgan fingerprint density at radius 1 is 0.0179 bits per heavy atom. The van der Waals surface area contributed by atoms with Crippen LogP contribution in [-0.2, 0) is 0 Å². The Kier molecular flexibility index (Phi) is 8260. The van der Waals surface area contributed by atoms with E-state index in [0.29, 0.717) is 0 Å². The molecule has 0 nitrogen and oxygen atoms in total. The molecule has 0 radical (unpaired) electrons. The Labute approximate surface area is 2810 Å². The molecule has 0 atom stereocenters. The van der Waals surface area contributed by atoms with Crippen LogP contribution < -0.4 is 2630 Å². The summed E-state index contributed by atoms with van der Waals surface area (Å²) >= 11 is 0. The predicted molar refractivity (Wildman–Crippen MR) is 167 cm³/mol. The summed E-state index contributed by atoms with van der Waals surface area (Å²) in [6, 6.07) is 0. The topological polar surface area (TPSA) is 0 Å². The molecule has 112 heavy (non-hydrogen) atoms. The van der Waals surface area contributed by atoms with Crippen LogP contribution in [0.2, 0.25) is 0 Å². The average Bonchev–Trinajstić information content (AvgIpc) is 0. The van der Waals surface area contributed by atoms with E-state index in [4.69, 9.17) is 0 Å². The number of hydrogen-bond donors (Lipinski definition) is 0. The standard InChI is InChI=1S/23ClH.89Na/h23*1H;;;;;;;;;;;;;;;;;;;;;;;;;;;;;;;;;;;;;;;;;;;;;;;;;;;;;;;;;;;;;;;;;;;;;;;;;;;;;;;;;;;;;;;;;/q;;;;;;;;;;;;;;;;;;;;;;;89*+1. The fraction of sp³-hybridized carbons (Fsp3) is 0. The first-order valence-corrected chi connectivity index (χ1v) is 0.